The zero-order valence-corrected chi connectivity index (χ0v) is 18.6. The number of carboxylic acids is 1. The molecule has 7 heteroatoms. The van der Waals surface area contributed by atoms with E-state index in [9.17, 15) is 19.1 Å². The number of amides is 1. The molecule has 170 valence electrons. The lowest BCUT2D eigenvalue weighted by Gasteiger charge is -2.25. The number of aromatic nitrogens is 2. The van der Waals surface area contributed by atoms with Crippen LogP contribution in [0, 0.1) is 11.2 Å². The molecule has 3 aromatic rings. The van der Waals surface area contributed by atoms with E-state index >= 15 is 0 Å². The lowest BCUT2D eigenvalue weighted by atomic mass is 9.86. The van der Waals surface area contributed by atoms with Crippen molar-refractivity contribution < 1.29 is 19.1 Å². The molecule has 6 nitrogen and oxygen atoms in total. The molecule has 2 aromatic carbocycles. The third-order valence-corrected chi connectivity index (χ3v) is 7.33. The zero-order valence-electron chi connectivity index (χ0n) is 18.6. The first kappa shape index (κ1) is 21.4. The van der Waals surface area contributed by atoms with E-state index < -0.39 is 22.6 Å². The van der Waals surface area contributed by atoms with Gasteiger partial charge in [-0.1, -0.05) is 38.1 Å². The third-order valence-electron chi connectivity index (χ3n) is 7.33. The van der Waals surface area contributed by atoms with Crippen molar-refractivity contribution in [2.24, 2.45) is 5.41 Å². The van der Waals surface area contributed by atoms with Crippen molar-refractivity contribution in [1.29, 1.82) is 0 Å². The van der Waals surface area contributed by atoms with Gasteiger partial charge in [-0.25, -0.2) is 9.18 Å². The van der Waals surface area contributed by atoms with Crippen LogP contribution in [-0.4, -0.2) is 26.8 Å². The molecule has 33 heavy (non-hydrogen) atoms. The molecule has 2 fully saturated rings. The Morgan fingerprint density at radius 2 is 1.91 bits per heavy atom. The molecule has 5 rings (SSSR count). The predicted octanol–water partition coefficient (Wildman–Crippen LogP) is 5.42. The fraction of sp³-hybridized carbons (Fsp3) is 0.346. The smallest absolute Gasteiger partial charge is 0.336 e. The first-order chi connectivity index (χ1) is 15.7. The number of carbonyl (C=O) groups excluding carboxylic acids is 1. The average Bonchev–Trinajstić information content (AvgIpc) is 3.06. The molecule has 2 N–H and O–H groups in total. The Labute approximate surface area is 191 Å². The number of carboxylic acid groups (broad SMARTS) is 1. The van der Waals surface area contributed by atoms with E-state index in [0.29, 0.717) is 29.3 Å². The van der Waals surface area contributed by atoms with Crippen LogP contribution < -0.4 is 5.32 Å². The van der Waals surface area contributed by atoms with Crippen molar-refractivity contribution in [2.45, 2.75) is 51.0 Å². The van der Waals surface area contributed by atoms with Crippen LogP contribution in [0.15, 0.2) is 54.9 Å². The quantitative estimate of drug-likeness (QED) is 0.529. The number of hydrogen-bond donors (Lipinski definition) is 2. The van der Waals surface area contributed by atoms with Crippen LogP contribution in [0.3, 0.4) is 0 Å². The fourth-order valence-electron chi connectivity index (χ4n) is 5.01. The molecular formula is C26H26FN3O3. The van der Waals surface area contributed by atoms with Crippen LogP contribution in [0.5, 0.6) is 0 Å². The summed E-state index contributed by atoms with van der Waals surface area (Å²) in [5.41, 5.74) is 0.674. The van der Waals surface area contributed by atoms with Crippen molar-refractivity contribution in [3.8, 4) is 11.1 Å². The molecule has 0 aliphatic heterocycles. The van der Waals surface area contributed by atoms with E-state index in [2.05, 4.69) is 10.4 Å². The summed E-state index contributed by atoms with van der Waals surface area (Å²) in [7, 11) is 0. The van der Waals surface area contributed by atoms with E-state index in [1.54, 1.807) is 36.5 Å². The van der Waals surface area contributed by atoms with Crippen molar-refractivity contribution in [2.75, 3.05) is 5.32 Å². The topological polar surface area (TPSA) is 84.2 Å². The molecule has 1 unspecified atom stereocenters. The van der Waals surface area contributed by atoms with Gasteiger partial charge in [-0.2, -0.15) is 5.10 Å². The van der Waals surface area contributed by atoms with Gasteiger partial charge in [-0.15, -0.1) is 0 Å². The van der Waals surface area contributed by atoms with Gasteiger partial charge >= 0.3 is 5.97 Å². The highest BCUT2D eigenvalue weighted by Crippen LogP contribution is 2.65. The summed E-state index contributed by atoms with van der Waals surface area (Å²) in [6.45, 7) is 3.87. The molecule has 2 aliphatic carbocycles. The minimum Gasteiger partial charge on any atom is -0.478 e. The lowest BCUT2D eigenvalue weighted by molar-refractivity contribution is -0.119. The van der Waals surface area contributed by atoms with Crippen molar-refractivity contribution in [3.63, 3.8) is 0 Å². The molecule has 0 radical (unpaired) electrons. The third kappa shape index (κ3) is 3.43. The van der Waals surface area contributed by atoms with Gasteiger partial charge in [-0.05, 0) is 54.9 Å². The van der Waals surface area contributed by atoms with Gasteiger partial charge in [0.05, 0.1) is 23.2 Å². The number of nitrogens with one attached hydrogen (secondary N) is 1. The Hall–Kier alpha value is -3.48. The monoisotopic (exact) mass is 447 g/mol. The Morgan fingerprint density at radius 3 is 2.52 bits per heavy atom. The molecule has 0 bridgehead atoms. The first-order valence-electron chi connectivity index (χ1n) is 11.2. The average molecular weight is 448 g/mol. The van der Waals surface area contributed by atoms with Gasteiger partial charge in [0.1, 0.15) is 5.82 Å². The van der Waals surface area contributed by atoms with Crippen LogP contribution in [0.1, 0.15) is 61.5 Å². The lowest BCUT2D eigenvalue weighted by Crippen LogP contribution is -2.33. The van der Waals surface area contributed by atoms with Gasteiger partial charge in [0.15, 0.2) is 0 Å². The number of anilines is 1. The van der Waals surface area contributed by atoms with Crippen molar-refractivity contribution in [1.82, 2.24) is 9.78 Å². The van der Waals surface area contributed by atoms with E-state index in [1.807, 2.05) is 24.7 Å². The molecule has 1 amide bonds. The Kier molecular flexibility index (Phi) is 4.88. The van der Waals surface area contributed by atoms with E-state index in [4.69, 9.17) is 0 Å². The summed E-state index contributed by atoms with van der Waals surface area (Å²) in [4.78, 5) is 25.4. The predicted molar refractivity (Wildman–Crippen MR) is 123 cm³/mol. The second-order valence-corrected chi connectivity index (χ2v) is 9.76. The molecule has 0 spiro atoms. The minimum absolute atomic E-state index is 0.0796. The van der Waals surface area contributed by atoms with Gasteiger partial charge in [0.2, 0.25) is 5.91 Å². The van der Waals surface area contributed by atoms with Gasteiger partial charge in [-0.3, -0.25) is 9.48 Å². The number of carbonyl (C=O) groups is 2. The van der Waals surface area contributed by atoms with E-state index in [-0.39, 0.29) is 11.5 Å². The summed E-state index contributed by atoms with van der Waals surface area (Å²) >= 11 is 0. The second kappa shape index (κ2) is 7.54. The molecule has 1 atom stereocenters. The molecule has 0 saturated heterocycles. The molecule has 2 aliphatic rings. The number of aromatic carboxylic acids is 1. The van der Waals surface area contributed by atoms with Crippen LogP contribution in [0.25, 0.3) is 11.1 Å². The molecular weight excluding hydrogens is 421 g/mol. The van der Waals surface area contributed by atoms with Crippen LogP contribution in [0.4, 0.5) is 10.1 Å². The summed E-state index contributed by atoms with van der Waals surface area (Å²) in [6, 6.07) is 11.5. The normalized spacial score (nSPS) is 21.3. The number of benzene rings is 2. The van der Waals surface area contributed by atoms with Crippen LogP contribution in [-0.2, 0) is 10.2 Å². The van der Waals surface area contributed by atoms with Crippen molar-refractivity contribution >= 4 is 17.6 Å². The maximum Gasteiger partial charge on any atom is 0.336 e. The highest BCUT2D eigenvalue weighted by Gasteiger charge is 2.68. The minimum atomic E-state index is -1.09. The maximum absolute atomic E-state index is 14.6. The Bertz CT molecular complexity index is 1260. The summed E-state index contributed by atoms with van der Waals surface area (Å²) in [5.74, 6) is -1.84. The Balaban J connectivity index is 1.45. The largest absolute Gasteiger partial charge is 0.478 e. The highest BCUT2D eigenvalue weighted by molar-refractivity contribution is 6.04. The fourth-order valence-corrected chi connectivity index (χ4v) is 5.01. The zero-order chi connectivity index (χ0) is 23.4. The summed E-state index contributed by atoms with van der Waals surface area (Å²) in [5, 5.41) is 17.1. The highest BCUT2D eigenvalue weighted by atomic mass is 19.1. The van der Waals surface area contributed by atoms with Gasteiger partial charge in [0.25, 0.3) is 0 Å². The van der Waals surface area contributed by atoms with Crippen LogP contribution in [0.2, 0.25) is 0 Å². The standard InChI is InChI=1S/C26H26FN3O3/c1-25(2)15-26(25,21-8-3-4-9-22(21)27)24(33)29-17-10-11-19(20(12-17)23(31)32)16-13-28-30(14-16)18-6-5-7-18/h3-4,8-14,18H,5-7,15H2,1-2H3,(H,29,33)(H,31,32). The SMILES string of the molecule is CC1(C)CC1(C(=O)Nc1ccc(-c2cnn(C3CCC3)c2)c(C(=O)O)c1)c1ccccc1F. The summed E-state index contributed by atoms with van der Waals surface area (Å²) in [6.07, 6.45) is 7.41. The Morgan fingerprint density at radius 1 is 1.18 bits per heavy atom. The van der Waals surface area contributed by atoms with Crippen molar-refractivity contribution in [3.05, 3.63) is 71.8 Å². The first-order valence-corrected chi connectivity index (χ1v) is 11.2. The molecule has 2 saturated carbocycles. The number of nitrogens with zero attached hydrogens (tertiary/aromatic N) is 2. The molecule has 1 aromatic heterocycles. The van der Waals surface area contributed by atoms with E-state index in [1.165, 1.54) is 18.6 Å². The van der Waals surface area contributed by atoms with E-state index in [0.717, 1.165) is 18.4 Å². The number of hydrogen-bond acceptors (Lipinski definition) is 3. The number of rotatable bonds is 6. The second-order valence-electron chi connectivity index (χ2n) is 9.76. The summed E-state index contributed by atoms with van der Waals surface area (Å²) < 4.78 is 16.5. The van der Waals surface area contributed by atoms with Gasteiger partial charge < -0.3 is 10.4 Å². The molecule has 1 heterocycles. The number of halogens is 1. The maximum atomic E-state index is 14.6. The van der Waals surface area contributed by atoms with Gasteiger partial charge in [0, 0.05) is 23.0 Å². The van der Waals surface area contributed by atoms with Crippen LogP contribution >= 0.6 is 0 Å².